The summed E-state index contributed by atoms with van der Waals surface area (Å²) in [4.78, 5) is 13.6. The zero-order valence-corrected chi connectivity index (χ0v) is 10.9. The van der Waals surface area contributed by atoms with Crippen LogP contribution in [0.2, 0.25) is 0 Å². The number of hydrogen-bond acceptors (Lipinski definition) is 4. The van der Waals surface area contributed by atoms with Crippen LogP contribution in [0.1, 0.15) is 34.1 Å². The third kappa shape index (κ3) is 3.47. The second-order valence-corrected chi connectivity index (χ2v) is 5.36. The lowest BCUT2D eigenvalue weighted by molar-refractivity contribution is 0.0187. The quantitative estimate of drug-likeness (QED) is 0.686. The molecule has 0 spiro atoms. The molecule has 17 heavy (non-hydrogen) atoms. The molecule has 5 nitrogen and oxygen atoms in total. The molecule has 0 saturated carbocycles. The molecular formula is C12H21N3O2. The van der Waals surface area contributed by atoms with Crippen molar-refractivity contribution in [2.45, 2.75) is 45.8 Å². The lowest BCUT2D eigenvalue weighted by Crippen LogP contribution is -2.46. The van der Waals surface area contributed by atoms with Crippen LogP contribution in [0.3, 0.4) is 0 Å². The smallest absolute Gasteiger partial charge is 0.410 e. The van der Waals surface area contributed by atoms with E-state index < -0.39 is 5.60 Å². The Hall–Kier alpha value is -1.52. The summed E-state index contributed by atoms with van der Waals surface area (Å²) in [5.74, 6) is 0. The first-order valence-corrected chi connectivity index (χ1v) is 5.72. The van der Waals surface area contributed by atoms with E-state index in [1.54, 1.807) is 4.90 Å². The molecule has 0 aromatic heterocycles. The lowest BCUT2D eigenvalue weighted by atomic mass is 10.0. The molecule has 0 fully saturated rings. The Balaban J connectivity index is 2.79. The molecule has 0 saturated heterocycles. The van der Waals surface area contributed by atoms with E-state index in [9.17, 15) is 4.79 Å². The van der Waals surface area contributed by atoms with E-state index in [2.05, 4.69) is 0 Å². The van der Waals surface area contributed by atoms with Crippen LogP contribution in [0, 0.1) is 5.41 Å². The van der Waals surface area contributed by atoms with E-state index in [1.165, 1.54) is 6.21 Å². The van der Waals surface area contributed by atoms with Gasteiger partial charge in [-0.2, -0.15) is 0 Å². The predicted octanol–water partition coefficient (Wildman–Crippen LogP) is 1.88. The highest BCUT2D eigenvalue weighted by atomic mass is 16.6. The fourth-order valence-corrected chi connectivity index (χ4v) is 1.70. The van der Waals surface area contributed by atoms with Crippen LogP contribution in [-0.2, 0) is 4.74 Å². The first-order chi connectivity index (χ1) is 7.74. The summed E-state index contributed by atoms with van der Waals surface area (Å²) in [6.45, 7) is 7.78. The summed E-state index contributed by atoms with van der Waals surface area (Å²) in [6.07, 6.45) is 1.44. The van der Waals surface area contributed by atoms with Gasteiger partial charge in [0, 0.05) is 29.9 Å². The Kier molecular flexibility index (Phi) is 3.80. The van der Waals surface area contributed by atoms with Gasteiger partial charge in [-0.05, 0) is 27.7 Å². The summed E-state index contributed by atoms with van der Waals surface area (Å²) >= 11 is 0. The topological polar surface area (TPSA) is 79.4 Å². The largest absolute Gasteiger partial charge is 0.444 e. The van der Waals surface area contributed by atoms with Crippen LogP contribution in [0.4, 0.5) is 4.79 Å². The zero-order valence-electron chi connectivity index (χ0n) is 10.9. The van der Waals surface area contributed by atoms with Crippen molar-refractivity contribution < 1.29 is 9.53 Å². The number of carbonyl (C=O) groups excluding carboxylic acids is 1. The second-order valence-electron chi connectivity index (χ2n) is 5.36. The Labute approximate surface area is 102 Å². The predicted molar refractivity (Wildman–Crippen MR) is 67.0 cm³/mol. The van der Waals surface area contributed by atoms with Crippen LogP contribution in [0.25, 0.3) is 0 Å². The van der Waals surface area contributed by atoms with Gasteiger partial charge in [-0.3, -0.25) is 0 Å². The molecule has 0 aromatic rings. The third-order valence-electron chi connectivity index (χ3n) is 2.60. The molecule has 1 rings (SSSR count). The fraction of sp³-hybridized carbons (Fsp3) is 0.667. The average Bonchev–Trinajstić information content (AvgIpc) is 2.14. The summed E-state index contributed by atoms with van der Waals surface area (Å²) in [5, 5.41) is 7.26. The van der Waals surface area contributed by atoms with Crippen LogP contribution in [-0.4, -0.2) is 35.4 Å². The van der Waals surface area contributed by atoms with Crippen molar-refractivity contribution in [2.75, 3.05) is 6.54 Å². The van der Waals surface area contributed by atoms with Crippen molar-refractivity contribution in [1.29, 1.82) is 5.41 Å². The number of nitrogens with two attached hydrogens (primary N) is 1. The van der Waals surface area contributed by atoms with Crippen molar-refractivity contribution in [2.24, 2.45) is 5.73 Å². The summed E-state index contributed by atoms with van der Waals surface area (Å²) in [7, 11) is 0. The molecule has 3 N–H and O–H groups in total. The highest BCUT2D eigenvalue weighted by Gasteiger charge is 2.30. The monoisotopic (exact) mass is 239 g/mol. The van der Waals surface area contributed by atoms with Gasteiger partial charge in [-0.25, -0.2) is 4.79 Å². The number of carbonyl (C=O) groups is 1. The zero-order chi connectivity index (χ0) is 13.2. The van der Waals surface area contributed by atoms with Crippen LogP contribution in [0.5, 0.6) is 0 Å². The van der Waals surface area contributed by atoms with E-state index in [4.69, 9.17) is 15.9 Å². The highest BCUT2D eigenvalue weighted by Crippen LogP contribution is 2.21. The maximum atomic E-state index is 12.0. The number of nitrogens with zero attached hydrogens (tertiary/aromatic N) is 1. The summed E-state index contributed by atoms with van der Waals surface area (Å²) in [5.41, 5.74) is 6.69. The van der Waals surface area contributed by atoms with Gasteiger partial charge in [0.1, 0.15) is 5.60 Å². The normalized spacial score (nSPS) is 21.4. The Morgan fingerprint density at radius 3 is 2.65 bits per heavy atom. The first-order valence-electron chi connectivity index (χ1n) is 5.72. The third-order valence-corrected chi connectivity index (χ3v) is 2.60. The molecule has 1 atom stereocenters. The molecule has 0 radical (unpaired) electrons. The van der Waals surface area contributed by atoms with Gasteiger partial charge in [0.15, 0.2) is 0 Å². The molecule has 0 unspecified atom stereocenters. The van der Waals surface area contributed by atoms with Crippen LogP contribution in [0.15, 0.2) is 11.3 Å². The lowest BCUT2D eigenvalue weighted by Gasteiger charge is -2.35. The Morgan fingerprint density at radius 1 is 1.59 bits per heavy atom. The molecule has 0 aromatic carbocycles. The molecule has 1 amide bonds. The van der Waals surface area contributed by atoms with E-state index in [0.29, 0.717) is 24.2 Å². The highest BCUT2D eigenvalue weighted by molar-refractivity contribution is 5.80. The first kappa shape index (κ1) is 13.5. The Bertz CT molecular complexity index is 355. The minimum Gasteiger partial charge on any atom is -0.444 e. The summed E-state index contributed by atoms with van der Waals surface area (Å²) in [6, 6.07) is 0.00792. The van der Waals surface area contributed by atoms with Crippen LogP contribution < -0.4 is 5.73 Å². The van der Waals surface area contributed by atoms with Gasteiger partial charge in [0.05, 0.1) is 6.54 Å². The molecule has 1 aliphatic heterocycles. The van der Waals surface area contributed by atoms with Crippen LogP contribution >= 0.6 is 0 Å². The SMILES string of the molecule is C[C@H]1CC(N)=C(C=N)CN1C(=O)OC(C)(C)C. The number of rotatable bonds is 1. The van der Waals surface area contributed by atoms with E-state index in [0.717, 1.165) is 0 Å². The van der Waals surface area contributed by atoms with Gasteiger partial charge in [0.25, 0.3) is 0 Å². The molecule has 1 aliphatic rings. The minimum atomic E-state index is -0.506. The van der Waals surface area contributed by atoms with Crippen molar-refractivity contribution in [3.63, 3.8) is 0 Å². The van der Waals surface area contributed by atoms with Gasteiger partial charge in [0.2, 0.25) is 0 Å². The van der Waals surface area contributed by atoms with Gasteiger partial charge >= 0.3 is 6.09 Å². The van der Waals surface area contributed by atoms with Crippen molar-refractivity contribution in [1.82, 2.24) is 4.90 Å². The van der Waals surface area contributed by atoms with E-state index >= 15 is 0 Å². The average molecular weight is 239 g/mol. The molecular weight excluding hydrogens is 218 g/mol. The number of amides is 1. The molecule has 0 bridgehead atoms. The van der Waals surface area contributed by atoms with Crippen molar-refractivity contribution in [3.8, 4) is 0 Å². The fourth-order valence-electron chi connectivity index (χ4n) is 1.70. The van der Waals surface area contributed by atoms with Gasteiger partial charge in [-0.15, -0.1) is 0 Å². The van der Waals surface area contributed by atoms with E-state index in [-0.39, 0.29) is 12.1 Å². The van der Waals surface area contributed by atoms with Crippen molar-refractivity contribution in [3.05, 3.63) is 11.3 Å². The maximum Gasteiger partial charge on any atom is 0.410 e. The molecule has 0 aliphatic carbocycles. The molecule has 96 valence electrons. The van der Waals surface area contributed by atoms with Crippen molar-refractivity contribution >= 4 is 12.3 Å². The minimum absolute atomic E-state index is 0.00792. The number of nitrogens with one attached hydrogen (secondary N) is 1. The second kappa shape index (κ2) is 4.77. The van der Waals surface area contributed by atoms with E-state index in [1.807, 2.05) is 27.7 Å². The summed E-state index contributed by atoms with van der Waals surface area (Å²) < 4.78 is 5.32. The standard InChI is InChI=1S/C12H21N3O2/c1-8-5-10(14)9(6-13)7-15(8)11(16)17-12(2,3)4/h6,8,13H,5,7,14H2,1-4H3/t8-/m0/s1. The molecule has 1 heterocycles. The van der Waals surface area contributed by atoms with Gasteiger partial charge in [-0.1, -0.05) is 0 Å². The number of ether oxygens (including phenoxy) is 1. The Morgan fingerprint density at radius 2 is 2.18 bits per heavy atom. The molecule has 5 heteroatoms. The number of hydrogen-bond donors (Lipinski definition) is 2. The maximum absolute atomic E-state index is 12.0. The van der Waals surface area contributed by atoms with Gasteiger partial charge < -0.3 is 20.8 Å².